The summed E-state index contributed by atoms with van der Waals surface area (Å²) in [4.78, 5) is 25.5. The minimum Gasteiger partial charge on any atom is -0.489 e. The van der Waals surface area contributed by atoms with E-state index in [0.717, 1.165) is 10.5 Å². The molecule has 0 aliphatic carbocycles. The molecular formula is C17H19N3O3. The Kier molecular flexibility index (Phi) is 4.70. The maximum atomic E-state index is 12.6. The molecule has 1 aromatic carbocycles. The van der Waals surface area contributed by atoms with Crippen molar-refractivity contribution in [3.05, 3.63) is 42.0 Å². The number of nitriles is 1. The van der Waals surface area contributed by atoms with Crippen LogP contribution < -0.4 is 10.1 Å². The van der Waals surface area contributed by atoms with Crippen LogP contribution in [0.25, 0.3) is 0 Å². The van der Waals surface area contributed by atoms with Gasteiger partial charge < -0.3 is 10.1 Å². The van der Waals surface area contributed by atoms with Crippen LogP contribution in [0.3, 0.4) is 0 Å². The third kappa shape index (κ3) is 3.04. The topological polar surface area (TPSA) is 82.4 Å². The van der Waals surface area contributed by atoms with Gasteiger partial charge in [-0.1, -0.05) is 25.6 Å². The molecule has 3 amide bonds. The monoisotopic (exact) mass is 313 g/mol. The molecule has 1 saturated heterocycles. The van der Waals surface area contributed by atoms with Crippen molar-refractivity contribution in [2.75, 3.05) is 13.2 Å². The Morgan fingerprint density at radius 2 is 2.04 bits per heavy atom. The number of nitrogens with zero attached hydrogens (tertiary/aromatic N) is 2. The second-order valence-electron chi connectivity index (χ2n) is 5.51. The summed E-state index contributed by atoms with van der Waals surface area (Å²) in [6.45, 7) is 7.62. The van der Waals surface area contributed by atoms with E-state index < -0.39 is 17.5 Å². The Bertz CT molecular complexity index is 675. The largest absolute Gasteiger partial charge is 0.489 e. The standard InChI is InChI=1S/C17H19N3O3/c1-4-17(15(21)20(10-9-18)16(22)19-17)13-5-7-14(8-6-13)23-11-12(2)3/h5-8H,2,4,10-11H2,1,3H3,(H,19,22). The molecule has 1 atom stereocenters. The van der Waals surface area contributed by atoms with Crippen molar-refractivity contribution in [1.82, 2.24) is 10.2 Å². The normalized spacial score (nSPS) is 20.1. The molecule has 1 fully saturated rings. The number of nitrogens with one attached hydrogen (secondary N) is 1. The van der Waals surface area contributed by atoms with Crippen LogP contribution in [0.4, 0.5) is 4.79 Å². The van der Waals surface area contributed by atoms with E-state index >= 15 is 0 Å². The van der Waals surface area contributed by atoms with Crippen molar-refractivity contribution < 1.29 is 14.3 Å². The number of amides is 3. The lowest BCUT2D eigenvalue weighted by atomic mass is 9.87. The fourth-order valence-corrected chi connectivity index (χ4v) is 2.52. The highest BCUT2D eigenvalue weighted by Crippen LogP contribution is 2.33. The molecule has 0 aromatic heterocycles. The van der Waals surface area contributed by atoms with E-state index in [9.17, 15) is 9.59 Å². The van der Waals surface area contributed by atoms with Crippen LogP contribution in [-0.4, -0.2) is 30.0 Å². The van der Waals surface area contributed by atoms with Gasteiger partial charge >= 0.3 is 6.03 Å². The zero-order valence-corrected chi connectivity index (χ0v) is 13.3. The zero-order valence-electron chi connectivity index (χ0n) is 13.3. The average Bonchev–Trinajstić information content (AvgIpc) is 2.79. The van der Waals surface area contributed by atoms with Crippen molar-refractivity contribution in [3.63, 3.8) is 0 Å². The van der Waals surface area contributed by atoms with Crippen LogP contribution in [0, 0.1) is 11.3 Å². The first-order chi connectivity index (χ1) is 10.9. The van der Waals surface area contributed by atoms with Gasteiger partial charge in [0, 0.05) is 0 Å². The van der Waals surface area contributed by atoms with Crippen LogP contribution in [0.2, 0.25) is 0 Å². The van der Waals surface area contributed by atoms with Crippen molar-refractivity contribution in [3.8, 4) is 11.8 Å². The van der Waals surface area contributed by atoms with Gasteiger partial charge in [-0.15, -0.1) is 0 Å². The Balaban J connectivity index is 2.27. The van der Waals surface area contributed by atoms with E-state index in [4.69, 9.17) is 10.00 Å². The summed E-state index contributed by atoms with van der Waals surface area (Å²) in [6, 6.07) is 8.31. The fraction of sp³-hybridized carbons (Fsp3) is 0.353. The second-order valence-corrected chi connectivity index (χ2v) is 5.51. The molecule has 120 valence electrons. The van der Waals surface area contributed by atoms with Gasteiger partial charge in [-0.25, -0.2) is 9.69 Å². The van der Waals surface area contributed by atoms with Gasteiger partial charge in [-0.2, -0.15) is 5.26 Å². The quantitative estimate of drug-likeness (QED) is 0.496. The third-order valence-electron chi connectivity index (χ3n) is 3.77. The summed E-state index contributed by atoms with van der Waals surface area (Å²) in [5, 5.41) is 11.5. The number of carbonyl (C=O) groups excluding carboxylic acids is 2. The molecule has 6 heteroatoms. The van der Waals surface area contributed by atoms with Crippen LogP contribution >= 0.6 is 0 Å². The van der Waals surface area contributed by atoms with Crippen LogP contribution in [0.1, 0.15) is 25.8 Å². The molecule has 1 aromatic rings. The van der Waals surface area contributed by atoms with Gasteiger partial charge in [0.05, 0.1) is 6.07 Å². The van der Waals surface area contributed by atoms with Gasteiger partial charge in [0.15, 0.2) is 0 Å². The number of ether oxygens (including phenoxy) is 1. The first-order valence-corrected chi connectivity index (χ1v) is 7.33. The number of imide groups is 1. The summed E-state index contributed by atoms with van der Waals surface area (Å²) in [7, 11) is 0. The first kappa shape index (κ1) is 16.6. The first-order valence-electron chi connectivity index (χ1n) is 7.33. The SMILES string of the molecule is C=C(C)COc1ccc(C2(CC)NC(=O)N(CC#N)C2=O)cc1. The Morgan fingerprint density at radius 3 is 2.57 bits per heavy atom. The van der Waals surface area contributed by atoms with Gasteiger partial charge in [0.2, 0.25) is 0 Å². The van der Waals surface area contributed by atoms with E-state index in [1.54, 1.807) is 24.3 Å². The predicted molar refractivity (Wildman–Crippen MR) is 84.6 cm³/mol. The highest BCUT2D eigenvalue weighted by molar-refractivity contribution is 6.07. The van der Waals surface area contributed by atoms with E-state index in [2.05, 4.69) is 11.9 Å². The number of benzene rings is 1. The molecule has 1 heterocycles. The van der Waals surface area contributed by atoms with Gasteiger partial charge in [-0.05, 0) is 36.6 Å². The van der Waals surface area contributed by atoms with Crippen molar-refractivity contribution in [2.24, 2.45) is 0 Å². The summed E-state index contributed by atoms with van der Waals surface area (Å²) in [5.41, 5.74) is 0.451. The lowest BCUT2D eigenvalue weighted by Crippen LogP contribution is -2.43. The number of hydrogen-bond acceptors (Lipinski definition) is 4. The van der Waals surface area contributed by atoms with Crippen LogP contribution in [0.5, 0.6) is 5.75 Å². The molecule has 0 bridgehead atoms. The molecule has 6 nitrogen and oxygen atoms in total. The molecule has 1 unspecified atom stereocenters. The third-order valence-corrected chi connectivity index (χ3v) is 3.77. The number of carbonyl (C=O) groups is 2. The van der Waals surface area contributed by atoms with E-state index in [1.165, 1.54) is 0 Å². The molecule has 0 saturated carbocycles. The predicted octanol–water partition coefficient (Wildman–Crippen LogP) is 2.32. The van der Waals surface area contributed by atoms with Gasteiger partial charge in [0.1, 0.15) is 24.4 Å². The maximum Gasteiger partial charge on any atom is 0.326 e. The van der Waals surface area contributed by atoms with Gasteiger partial charge in [-0.3, -0.25) is 4.79 Å². The lowest BCUT2D eigenvalue weighted by molar-refractivity contribution is -0.131. The minimum absolute atomic E-state index is 0.258. The Hall–Kier alpha value is -2.81. The molecular weight excluding hydrogens is 294 g/mol. The van der Waals surface area contributed by atoms with Crippen molar-refractivity contribution >= 4 is 11.9 Å². The number of hydrogen-bond donors (Lipinski definition) is 1. The Morgan fingerprint density at radius 1 is 1.39 bits per heavy atom. The lowest BCUT2D eigenvalue weighted by Gasteiger charge is -2.25. The molecule has 1 aliphatic rings. The van der Waals surface area contributed by atoms with E-state index in [0.29, 0.717) is 24.3 Å². The Labute approximate surface area is 135 Å². The summed E-state index contributed by atoms with van der Waals surface area (Å²) >= 11 is 0. The molecule has 0 spiro atoms. The fourth-order valence-electron chi connectivity index (χ4n) is 2.52. The molecule has 0 radical (unpaired) electrons. The smallest absolute Gasteiger partial charge is 0.326 e. The van der Waals surface area contributed by atoms with Crippen molar-refractivity contribution in [2.45, 2.75) is 25.8 Å². The average molecular weight is 313 g/mol. The zero-order chi connectivity index (χ0) is 17.0. The van der Waals surface area contributed by atoms with E-state index in [1.807, 2.05) is 19.9 Å². The van der Waals surface area contributed by atoms with Crippen molar-refractivity contribution in [1.29, 1.82) is 5.26 Å². The minimum atomic E-state index is -1.12. The summed E-state index contributed by atoms with van der Waals surface area (Å²) in [6.07, 6.45) is 0.394. The van der Waals surface area contributed by atoms with Crippen LogP contribution in [-0.2, 0) is 10.3 Å². The molecule has 23 heavy (non-hydrogen) atoms. The highest BCUT2D eigenvalue weighted by Gasteiger charge is 2.51. The van der Waals surface area contributed by atoms with Gasteiger partial charge in [0.25, 0.3) is 5.91 Å². The summed E-state index contributed by atoms with van der Waals surface area (Å²) < 4.78 is 5.53. The molecule has 1 aliphatic heterocycles. The molecule has 2 rings (SSSR count). The highest BCUT2D eigenvalue weighted by atomic mass is 16.5. The maximum absolute atomic E-state index is 12.6. The molecule has 1 N–H and O–H groups in total. The van der Waals surface area contributed by atoms with Crippen LogP contribution in [0.15, 0.2) is 36.4 Å². The second kappa shape index (κ2) is 6.53. The van der Waals surface area contributed by atoms with E-state index in [-0.39, 0.29) is 6.54 Å². The summed E-state index contributed by atoms with van der Waals surface area (Å²) in [5.74, 6) is 0.260. The number of urea groups is 1. The number of rotatable bonds is 6.